The minimum absolute atomic E-state index is 0.807. The Morgan fingerprint density at radius 3 is 1.50 bits per heavy atom. The quantitative estimate of drug-likeness (QED) is 0.794. The van der Waals surface area contributed by atoms with Crippen LogP contribution < -0.4 is 10.4 Å². The van der Waals surface area contributed by atoms with Gasteiger partial charge in [-0.1, -0.05) is 67.6 Å². The maximum absolute atomic E-state index is 10.9. The fourth-order valence-electron chi connectivity index (χ4n) is 2.00. The van der Waals surface area contributed by atoms with Crippen molar-refractivity contribution in [2.75, 3.05) is 0 Å². The summed E-state index contributed by atoms with van der Waals surface area (Å²) in [7, 11) is -2.48. The third kappa shape index (κ3) is 1.94. The SMILES string of the molecule is CC[Si](O)(c1ccccc1)c1ccccc1. The molecule has 16 heavy (non-hydrogen) atoms. The lowest BCUT2D eigenvalue weighted by atomic mass is 10.4. The smallest absolute Gasteiger partial charge is 0.252 e. The molecule has 0 saturated carbocycles. The zero-order valence-electron chi connectivity index (χ0n) is 9.43. The highest BCUT2D eigenvalue weighted by molar-refractivity contribution is 6.96. The lowest BCUT2D eigenvalue weighted by Crippen LogP contribution is -2.58. The predicted octanol–water partition coefficient (Wildman–Crippen LogP) is 1.76. The van der Waals surface area contributed by atoms with Gasteiger partial charge in [0.15, 0.2) is 0 Å². The molecule has 2 aromatic carbocycles. The molecule has 0 bridgehead atoms. The molecule has 0 amide bonds. The van der Waals surface area contributed by atoms with Crippen LogP contribution in [-0.4, -0.2) is 13.1 Å². The van der Waals surface area contributed by atoms with Crippen LogP contribution in [0.5, 0.6) is 0 Å². The average molecular weight is 228 g/mol. The molecule has 0 aliphatic heterocycles. The first-order valence-corrected chi connectivity index (χ1v) is 7.76. The molecule has 0 unspecified atom stereocenters. The van der Waals surface area contributed by atoms with Crippen molar-refractivity contribution in [1.82, 2.24) is 0 Å². The summed E-state index contributed by atoms with van der Waals surface area (Å²) in [5.74, 6) is 0. The normalized spacial score (nSPS) is 11.4. The van der Waals surface area contributed by atoms with Gasteiger partial charge in [-0.3, -0.25) is 0 Å². The molecular weight excluding hydrogens is 212 g/mol. The number of rotatable bonds is 3. The Kier molecular flexibility index (Phi) is 3.22. The van der Waals surface area contributed by atoms with Crippen molar-refractivity contribution in [2.24, 2.45) is 0 Å². The highest BCUT2D eigenvalue weighted by Gasteiger charge is 2.33. The molecule has 2 aromatic rings. The van der Waals surface area contributed by atoms with Crippen LogP contribution in [0.2, 0.25) is 6.04 Å². The molecular formula is C14H16OSi. The molecule has 2 rings (SSSR count). The zero-order chi connectivity index (χ0) is 11.4. The van der Waals surface area contributed by atoms with Crippen LogP contribution in [-0.2, 0) is 0 Å². The number of benzene rings is 2. The van der Waals surface area contributed by atoms with E-state index in [1.807, 2.05) is 60.7 Å². The predicted molar refractivity (Wildman–Crippen MR) is 70.6 cm³/mol. The second kappa shape index (κ2) is 4.64. The van der Waals surface area contributed by atoms with Gasteiger partial charge in [0.25, 0.3) is 8.32 Å². The summed E-state index contributed by atoms with van der Waals surface area (Å²) in [5.41, 5.74) is 0. The molecule has 2 heteroatoms. The average Bonchev–Trinajstić information content (AvgIpc) is 2.40. The maximum Gasteiger partial charge on any atom is 0.252 e. The van der Waals surface area contributed by atoms with E-state index in [0.29, 0.717) is 0 Å². The maximum atomic E-state index is 10.9. The molecule has 0 aromatic heterocycles. The first-order valence-electron chi connectivity index (χ1n) is 5.61. The van der Waals surface area contributed by atoms with Crippen molar-refractivity contribution in [3.05, 3.63) is 60.7 Å². The van der Waals surface area contributed by atoms with Crippen molar-refractivity contribution >= 4 is 18.7 Å². The van der Waals surface area contributed by atoms with E-state index in [9.17, 15) is 4.80 Å². The second-order valence-electron chi connectivity index (χ2n) is 3.95. The molecule has 0 aliphatic rings. The molecule has 0 spiro atoms. The van der Waals surface area contributed by atoms with E-state index < -0.39 is 8.32 Å². The van der Waals surface area contributed by atoms with Gasteiger partial charge in [-0.05, 0) is 16.4 Å². The molecule has 0 atom stereocenters. The highest BCUT2D eigenvalue weighted by atomic mass is 28.4. The molecule has 0 fully saturated rings. The van der Waals surface area contributed by atoms with Crippen molar-refractivity contribution in [2.45, 2.75) is 13.0 Å². The fraction of sp³-hybridized carbons (Fsp3) is 0.143. The topological polar surface area (TPSA) is 20.2 Å². The number of hydrogen-bond acceptors (Lipinski definition) is 1. The summed E-state index contributed by atoms with van der Waals surface area (Å²) in [6.45, 7) is 2.06. The summed E-state index contributed by atoms with van der Waals surface area (Å²) in [6.07, 6.45) is 0. The zero-order valence-corrected chi connectivity index (χ0v) is 10.4. The van der Waals surface area contributed by atoms with Crippen LogP contribution in [0.15, 0.2) is 60.7 Å². The third-order valence-electron chi connectivity index (χ3n) is 3.01. The first kappa shape index (κ1) is 11.1. The van der Waals surface area contributed by atoms with E-state index >= 15 is 0 Å². The van der Waals surface area contributed by atoms with Gasteiger partial charge in [0.2, 0.25) is 0 Å². The molecule has 1 N–H and O–H groups in total. The van der Waals surface area contributed by atoms with E-state index in [-0.39, 0.29) is 0 Å². The highest BCUT2D eigenvalue weighted by Crippen LogP contribution is 2.06. The van der Waals surface area contributed by atoms with Crippen LogP contribution >= 0.6 is 0 Å². The summed E-state index contributed by atoms with van der Waals surface area (Å²) in [4.78, 5) is 10.9. The molecule has 82 valence electrons. The molecule has 0 aliphatic carbocycles. The Hall–Kier alpha value is -1.38. The van der Waals surface area contributed by atoms with Gasteiger partial charge < -0.3 is 4.80 Å². The van der Waals surface area contributed by atoms with Crippen LogP contribution in [0.1, 0.15) is 6.92 Å². The van der Waals surface area contributed by atoms with Gasteiger partial charge in [0.1, 0.15) is 0 Å². The lowest BCUT2D eigenvalue weighted by molar-refractivity contribution is 0.567. The Labute approximate surface area is 97.5 Å². The molecule has 0 saturated heterocycles. The Morgan fingerprint density at radius 2 is 1.19 bits per heavy atom. The van der Waals surface area contributed by atoms with E-state index in [2.05, 4.69) is 6.92 Å². The van der Waals surface area contributed by atoms with Crippen molar-refractivity contribution in [3.63, 3.8) is 0 Å². The Morgan fingerprint density at radius 1 is 0.812 bits per heavy atom. The van der Waals surface area contributed by atoms with Crippen LogP contribution in [0.3, 0.4) is 0 Å². The van der Waals surface area contributed by atoms with Crippen molar-refractivity contribution in [3.8, 4) is 0 Å². The minimum atomic E-state index is -2.48. The standard InChI is InChI=1S/C14H16OSi/c1-2-16(15,13-9-5-3-6-10-13)14-11-7-4-8-12-14/h3-12,15H,2H2,1H3. The minimum Gasteiger partial charge on any atom is -0.424 e. The first-order chi connectivity index (χ1) is 7.77. The van der Waals surface area contributed by atoms with Gasteiger partial charge in [0, 0.05) is 0 Å². The summed E-state index contributed by atoms with van der Waals surface area (Å²) in [6, 6.07) is 20.9. The van der Waals surface area contributed by atoms with Crippen LogP contribution in [0.25, 0.3) is 0 Å². The van der Waals surface area contributed by atoms with Crippen LogP contribution in [0, 0.1) is 0 Å². The van der Waals surface area contributed by atoms with Crippen molar-refractivity contribution in [1.29, 1.82) is 0 Å². The van der Waals surface area contributed by atoms with Gasteiger partial charge in [-0.25, -0.2) is 0 Å². The Balaban J connectivity index is 2.49. The van der Waals surface area contributed by atoms with Gasteiger partial charge in [-0.2, -0.15) is 0 Å². The lowest BCUT2D eigenvalue weighted by Gasteiger charge is -2.24. The van der Waals surface area contributed by atoms with E-state index in [0.717, 1.165) is 16.4 Å². The van der Waals surface area contributed by atoms with Gasteiger partial charge in [-0.15, -0.1) is 0 Å². The summed E-state index contributed by atoms with van der Waals surface area (Å²) < 4.78 is 0. The largest absolute Gasteiger partial charge is 0.424 e. The van der Waals surface area contributed by atoms with Gasteiger partial charge >= 0.3 is 0 Å². The summed E-state index contributed by atoms with van der Waals surface area (Å²) >= 11 is 0. The second-order valence-corrected chi connectivity index (χ2v) is 7.53. The molecule has 0 heterocycles. The van der Waals surface area contributed by atoms with E-state index in [4.69, 9.17) is 0 Å². The van der Waals surface area contributed by atoms with Gasteiger partial charge in [0.05, 0.1) is 0 Å². The molecule has 1 nitrogen and oxygen atoms in total. The monoisotopic (exact) mass is 228 g/mol. The van der Waals surface area contributed by atoms with Crippen molar-refractivity contribution < 1.29 is 4.80 Å². The Bertz CT molecular complexity index is 399. The van der Waals surface area contributed by atoms with E-state index in [1.54, 1.807) is 0 Å². The molecule has 0 radical (unpaired) electrons. The van der Waals surface area contributed by atoms with Crippen LogP contribution in [0.4, 0.5) is 0 Å². The summed E-state index contributed by atoms with van der Waals surface area (Å²) in [5, 5.41) is 2.17. The number of hydrogen-bond donors (Lipinski definition) is 1. The fourth-order valence-corrected chi connectivity index (χ4v) is 4.64. The third-order valence-corrected chi connectivity index (χ3v) is 6.61. The van der Waals surface area contributed by atoms with E-state index in [1.165, 1.54) is 0 Å².